The van der Waals surface area contributed by atoms with Crippen LogP contribution in [0.15, 0.2) is 42.6 Å². The molecule has 3 aromatic rings. The highest BCUT2D eigenvalue weighted by atomic mass is 35.5. The van der Waals surface area contributed by atoms with Gasteiger partial charge in [-0.3, -0.25) is 4.40 Å². The Bertz CT molecular complexity index is 647. The molecule has 3 heterocycles. The minimum absolute atomic E-state index is 0.449. The average Bonchev–Trinajstić information content (AvgIpc) is 2.72. The largest absolute Gasteiger partial charge is 0.281 e. The molecule has 0 saturated heterocycles. The maximum Gasteiger partial charge on any atom is 0.187 e. The lowest BCUT2D eigenvalue weighted by Gasteiger charge is -1.98. The van der Waals surface area contributed by atoms with Crippen molar-refractivity contribution in [2.45, 2.75) is 0 Å². The highest BCUT2D eigenvalue weighted by Crippen LogP contribution is 2.17. The smallest absolute Gasteiger partial charge is 0.187 e. The molecule has 0 aliphatic heterocycles. The topological polar surface area (TPSA) is 43.1 Å². The molecule has 0 fully saturated rings. The molecule has 0 saturated carbocycles. The van der Waals surface area contributed by atoms with Crippen molar-refractivity contribution in [3.8, 4) is 11.5 Å². The highest BCUT2D eigenvalue weighted by molar-refractivity contribution is 6.29. The van der Waals surface area contributed by atoms with E-state index in [1.807, 2.05) is 40.9 Å². The molecular formula is C11H7ClN4. The van der Waals surface area contributed by atoms with Gasteiger partial charge in [0.15, 0.2) is 11.5 Å². The van der Waals surface area contributed by atoms with E-state index in [0.717, 1.165) is 5.65 Å². The first-order valence-electron chi connectivity index (χ1n) is 4.77. The predicted octanol–water partition coefficient (Wildman–Crippen LogP) is 2.44. The van der Waals surface area contributed by atoms with Crippen LogP contribution in [0.2, 0.25) is 5.15 Å². The van der Waals surface area contributed by atoms with Crippen LogP contribution >= 0.6 is 11.6 Å². The van der Waals surface area contributed by atoms with E-state index in [-0.39, 0.29) is 0 Å². The van der Waals surface area contributed by atoms with Gasteiger partial charge in [-0.1, -0.05) is 23.7 Å². The summed E-state index contributed by atoms with van der Waals surface area (Å²) in [5, 5.41) is 8.60. The maximum absolute atomic E-state index is 5.84. The quantitative estimate of drug-likeness (QED) is 0.603. The van der Waals surface area contributed by atoms with Crippen molar-refractivity contribution in [1.82, 2.24) is 19.6 Å². The first kappa shape index (κ1) is 9.30. The molecule has 0 unspecified atom stereocenters. The lowest BCUT2D eigenvalue weighted by Crippen LogP contribution is -1.91. The van der Waals surface area contributed by atoms with Crippen LogP contribution in [0.5, 0.6) is 0 Å². The zero-order chi connectivity index (χ0) is 11.0. The van der Waals surface area contributed by atoms with Gasteiger partial charge >= 0.3 is 0 Å². The van der Waals surface area contributed by atoms with Crippen molar-refractivity contribution in [3.63, 3.8) is 0 Å². The number of hydrogen-bond donors (Lipinski definition) is 0. The molecule has 0 bridgehead atoms. The third-order valence-corrected chi connectivity index (χ3v) is 2.47. The van der Waals surface area contributed by atoms with E-state index in [2.05, 4.69) is 15.2 Å². The van der Waals surface area contributed by atoms with Gasteiger partial charge < -0.3 is 0 Å². The van der Waals surface area contributed by atoms with Gasteiger partial charge in [0.2, 0.25) is 0 Å². The summed E-state index contributed by atoms with van der Waals surface area (Å²) in [6.07, 6.45) is 1.90. The van der Waals surface area contributed by atoms with Gasteiger partial charge in [-0.05, 0) is 24.3 Å². The zero-order valence-electron chi connectivity index (χ0n) is 8.21. The number of nitrogens with zero attached hydrogens (tertiary/aromatic N) is 4. The lowest BCUT2D eigenvalue weighted by atomic mass is 10.3. The average molecular weight is 231 g/mol. The standard InChI is InChI=1S/C11H7ClN4/c12-9-5-3-4-8(13-9)11-15-14-10-6-1-2-7-16(10)11/h1-7H. The second-order valence-corrected chi connectivity index (χ2v) is 3.69. The number of aromatic nitrogens is 4. The summed E-state index contributed by atoms with van der Waals surface area (Å²) in [5.41, 5.74) is 1.51. The Morgan fingerprint density at radius 2 is 1.94 bits per heavy atom. The summed E-state index contributed by atoms with van der Waals surface area (Å²) >= 11 is 5.84. The molecule has 0 aliphatic carbocycles. The van der Waals surface area contributed by atoms with Crippen LogP contribution in [-0.2, 0) is 0 Å². The fraction of sp³-hybridized carbons (Fsp3) is 0. The zero-order valence-corrected chi connectivity index (χ0v) is 8.96. The SMILES string of the molecule is Clc1cccc(-c2nnc3ccccn23)n1. The Labute approximate surface area is 96.5 Å². The first-order valence-corrected chi connectivity index (χ1v) is 5.15. The van der Waals surface area contributed by atoms with Crippen molar-refractivity contribution < 1.29 is 0 Å². The minimum atomic E-state index is 0.449. The van der Waals surface area contributed by atoms with E-state index in [1.54, 1.807) is 6.07 Å². The molecule has 3 aromatic heterocycles. The van der Waals surface area contributed by atoms with E-state index < -0.39 is 0 Å². The van der Waals surface area contributed by atoms with Crippen molar-refractivity contribution in [2.75, 3.05) is 0 Å². The normalized spacial score (nSPS) is 10.8. The van der Waals surface area contributed by atoms with E-state index in [9.17, 15) is 0 Å². The summed E-state index contributed by atoms with van der Waals surface area (Å²) in [7, 11) is 0. The van der Waals surface area contributed by atoms with Gasteiger partial charge in [-0.2, -0.15) is 0 Å². The van der Waals surface area contributed by atoms with E-state index in [4.69, 9.17) is 11.6 Å². The Kier molecular flexibility index (Phi) is 2.08. The number of rotatable bonds is 1. The number of hydrogen-bond acceptors (Lipinski definition) is 3. The second-order valence-electron chi connectivity index (χ2n) is 3.30. The Morgan fingerprint density at radius 3 is 2.81 bits per heavy atom. The summed E-state index contributed by atoms with van der Waals surface area (Å²) in [6, 6.07) is 11.2. The fourth-order valence-corrected chi connectivity index (χ4v) is 1.71. The van der Waals surface area contributed by atoms with Crippen molar-refractivity contribution in [2.24, 2.45) is 0 Å². The first-order chi connectivity index (χ1) is 7.84. The van der Waals surface area contributed by atoms with Gasteiger partial charge in [-0.25, -0.2) is 4.98 Å². The summed E-state index contributed by atoms with van der Waals surface area (Å²) < 4.78 is 1.87. The molecular weight excluding hydrogens is 224 g/mol. The van der Waals surface area contributed by atoms with Crippen LogP contribution in [-0.4, -0.2) is 19.6 Å². The summed E-state index contributed by atoms with van der Waals surface area (Å²) in [6.45, 7) is 0. The van der Waals surface area contributed by atoms with Crippen LogP contribution < -0.4 is 0 Å². The van der Waals surface area contributed by atoms with Crippen LogP contribution in [0.3, 0.4) is 0 Å². The van der Waals surface area contributed by atoms with Gasteiger partial charge in [-0.15, -0.1) is 10.2 Å². The lowest BCUT2D eigenvalue weighted by molar-refractivity contribution is 1.09. The van der Waals surface area contributed by atoms with Crippen LogP contribution in [0, 0.1) is 0 Å². The molecule has 0 amide bonds. The molecule has 0 radical (unpaired) electrons. The Morgan fingerprint density at radius 1 is 1.00 bits per heavy atom. The molecule has 78 valence electrons. The minimum Gasteiger partial charge on any atom is -0.281 e. The van der Waals surface area contributed by atoms with Gasteiger partial charge in [0.25, 0.3) is 0 Å². The third kappa shape index (κ3) is 1.44. The highest BCUT2D eigenvalue weighted by Gasteiger charge is 2.08. The molecule has 0 aromatic carbocycles. The Hall–Kier alpha value is -1.94. The molecule has 0 atom stereocenters. The number of pyridine rings is 2. The molecule has 0 aliphatic rings. The molecule has 3 rings (SSSR count). The number of fused-ring (bicyclic) bond motifs is 1. The molecule has 4 nitrogen and oxygen atoms in total. The summed E-state index contributed by atoms with van der Waals surface area (Å²) in [5.74, 6) is 0.693. The van der Waals surface area contributed by atoms with Crippen LogP contribution in [0.1, 0.15) is 0 Å². The monoisotopic (exact) mass is 230 g/mol. The third-order valence-electron chi connectivity index (χ3n) is 2.26. The van der Waals surface area contributed by atoms with Gasteiger partial charge in [0.1, 0.15) is 10.8 Å². The number of halogens is 1. The van der Waals surface area contributed by atoms with Crippen LogP contribution in [0.4, 0.5) is 0 Å². The Balaban J connectivity index is 2.26. The van der Waals surface area contributed by atoms with Gasteiger partial charge in [0.05, 0.1) is 0 Å². The second kappa shape index (κ2) is 3.57. The molecule has 0 spiro atoms. The van der Waals surface area contributed by atoms with Crippen molar-refractivity contribution >= 4 is 17.2 Å². The molecule has 5 heteroatoms. The predicted molar refractivity (Wildman–Crippen MR) is 61.2 cm³/mol. The molecule has 16 heavy (non-hydrogen) atoms. The maximum atomic E-state index is 5.84. The van der Waals surface area contributed by atoms with E-state index in [0.29, 0.717) is 16.7 Å². The fourth-order valence-electron chi connectivity index (χ4n) is 1.55. The summed E-state index contributed by atoms with van der Waals surface area (Å²) in [4.78, 5) is 4.21. The van der Waals surface area contributed by atoms with Gasteiger partial charge in [0, 0.05) is 6.20 Å². The van der Waals surface area contributed by atoms with Crippen LogP contribution in [0.25, 0.3) is 17.2 Å². The van der Waals surface area contributed by atoms with E-state index >= 15 is 0 Å². The van der Waals surface area contributed by atoms with Crippen molar-refractivity contribution in [1.29, 1.82) is 0 Å². The van der Waals surface area contributed by atoms with Crippen molar-refractivity contribution in [3.05, 3.63) is 47.7 Å². The van der Waals surface area contributed by atoms with E-state index in [1.165, 1.54) is 0 Å². The molecule has 0 N–H and O–H groups in total.